The van der Waals surface area contributed by atoms with Crippen molar-refractivity contribution >= 4 is 23.2 Å². The fourth-order valence-electron chi connectivity index (χ4n) is 6.09. The molecule has 0 aromatic carbocycles. The van der Waals surface area contributed by atoms with Crippen molar-refractivity contribution in [1.82, 2.24) is 29.1 Å². The Balaban J connectivity index is 1.34. The summed E-state index contributed by atoms with van der Waals surface area (Å²) in [6, 6.07) is 5.55. The van der Waals surface area contributed by atoms with Crippen LogP contribution in [0.3, 0.4) is 0 Å². The number of hydrogen-bond donors (Lipinski definition) is 2. The van der Waals surface area contributed by atoms with Crippen LogP contribution in [0.2, 0.25) is 0 Å². The fourth-order valence-corrected chi connectivity index (χ4v) is 6.09. The minimum Gasteiger partial charge on any atom is -0.392 e. The highest BCUT2D eigenvalue weighted by atomic mass is 16.3. The van der Waals surface area contributed by atoms with Crippen molar-refractivity contribution in [2.45, 2.75) is 45.4 Å². The third-order valence-electron chi connectivity index (χ3n) is 8.36. The van der Waals surface area contributed by atoms with Crippen LogP contribution in [0.25, 0.3) is 11.1 Å². The van der Waals surface area contributed by atoms with Crippen LogP contribution in [0.1, 0.15) is 36.9 Å². The number of rotatable bonds is 5. The van der Waals surface area contributed by atoms with Gasteiger partial charge in [-0.3, -0.25) is 24.1 Å². The maximum atomic E-state index is 13.8. The van der Waals surface area contributed by atoms with Crippen molar-refractivity contribution in [2.24, 2.45) is 7.05 Å². The largest absolute Gasteiger partial charge is 0.392 e. The Labute approximate surface area is 245 Å². The molecule has 3 aliphatic rings. The van der Waals surface area contributed by atoms with E-state index in [0.717, 1.165) is 68.7 Å². The summed E-state index contributed by atoms with van der Waals surface area (Å²) in [7, 11) is 3.77. The molecule has 6 heterocycles. The fraction of sp³-hybridized carbons (Fsp3) is 0.419. The molecule has 0 bridgehead atoms. The monoisotopic (exact) mass is 570 g/mol. The molecule has 0 unspecified atom stereocenters. The molecular formula is C31H38N8O3. The summed E-state index contributed by atoms with van der Waals surface area (Å²) in [5.74, 6) is 0.904. The summed E-state index contributed by atoms with van der Waals surface area (Å²) < 4.78 is 3.48. The van der Waals surface area contributed by atoms with Crippen LogP contribution in [0.15, 0.2) is 59.3 Å². The summed E-state index contributed by atoms with van der Waals surface area (Å²) in [5.41, 5.74) is 4.81. The number of allylic oxidation sites excluding steroid dienone is 2. The number of nitrogens with one attached hydrogen (secondary N) is 1. The molecule has 42 heavy (non-hydrogen) atoms. The highest BCUT2D eigenvalue weighted by Crippen LogP contribution is 2.33. The molecule has 0 spiro atoms. The molecule has 6 rings (SSSR count). The van der Waals surface area contributed by atoms with E-state index in [-0.39, 0.29) is 18.1 Å². The van der Waals surface area contributed by atoms with E-state index in [1.54, 1.807) is 30.4 Å². The van der Waals surface area contributed by atoms with Gasteiger partial charge in [0.15, 0.2) is 5.82 Å². The van der Waals surface area contributed by atoms with E-state index in [1.165, 1.54) is 4.57 Å². The summed E-state index contributed by atoms with van der Waals surface area (Å²) in [6.45, 7) is 8.35. The van der Waals surface area contributed by atoms with Crippen molar-refractivity contribution < 1.29 is 9.90 Å². The first kappa shape index (κ1) is 27.9. The molecule has 11 nitrogen and oxygen atoms in total. The topological polar surface area (TPSA) is 112 Å². The van der Waals surface area contributed by atoms with E-state index in [4.69, 9.17) is 0 Å². The Kier molecular flexibility index (Phi) is 7.70. The minimum absolute atomic E-state index is 0.138. The normalized spacial score (nSPS) is 19.4. The lowest BCUT2D eigenvalue weighted by Gasteiger charge is -2.37. The molecule has 0 aliphatic carbocycles. The molecule has 1 fully saturated rings. The highest BCUT2D eigenvalue weighted by molar-refractivity contribution is 6.06. The number of likely N-dealkylation sites (N-methyl/N-ethyl adjacent to an activating group) is 1. The quantitative estimate of drug-likeness (QED) is 0.482. The second kappa shape index (κ2) is 11.6. The third-order valence-corrected chi connectivity index (χ3v) is 8.36. The van der Waals surface area contributed by atoms with Gasteiger partial charge in [0.1, 0.15) is 17.2 Å². The van der Waals surface area contributed by atoms with E-state index in [0.29, 0.717) is 47.2 Å². The number of aliphatic hydroxyl groups is 1. The summed E-state index contributed by atoms with van der Waals surface area (Å²) >= 11 is 0. The molecule has 220 valence electrons. The zero-order chi connectivity index (χ0) is 29.4. The van der Waals surface area contributed by atoms with Gasteiger partial charge >= 0.3 is 0 Å². The van der Waals surface area contributed by atoms with Gasteiger partial charge in [-0.1, -0.05) is 18.6 Å². The second-order valence-corrected chi connectivity index (χ2v) is 11.4. The van der Waals surface area contributed by atoms with Crippen LogP contribution in [-0.2, 0) is 31.5 Å². The van der Waals surface area contributed by atoms with E-state index < -0.39 is 0 Å². The van der Waals surface area contributed by atoms with Crippen LogP contribution >= 0.6 is 0 Å². The van der Waals surface area contributed by atoms with Crippen LogP contribution in [0.5, 0.6) is 0 Å². The smallest absolute Gasteiger partial charge is 0.275 e. The van der Waals surface area contributed by atoms with E-state index >= 15 is 0 Å². The van der Waals surface area contributed by atoms with Crippen molar-refractivity contribution in [3.8, 4) is 11.1 Å². The first-order valence-corrected chi connectivity index (χ1v) is 14.6. The van der Waals surface area contributed by atoms with Gasteiger partial charge in [-0.15, -0.1) is 0 Å². The number of carbonyl (C=O) groups excluding carboxylic acids is 1. The lowest BCUT2D eigenvalue weighted by atomic mass is 10.0. The number of aliphatic hydroxyl groups excluding tert-OH is 1. The first-order valence-electron chi connectivity index (χ1n) is 14.6. The Morgan fingerprint density at radius 3 is 2.74 bits per heavy atom. The predicted octanol–water partition coefficient (Wildman–Crippen LogP) is 2.99. The van der Waals surface area contributed by atoms with Crippen LogP contribution in [0.4, 0.5) is 17.3 Å². The zero-order valence-corrected chi connectivity index (χ0v) is 24.3. The number of carbonyl (C=O) groups is 1. The van der Waals surface area contributed by atoms with E-state index in [9.17, 15) is 14.7 Å². The number of amides is 1. The van der Waals surface area contributed by atoms with Gasteiger partial charge in [0.2, 0.25) is 0 Å². The molecule has 11 heteroatoms. The summed E-state index contributed by atoms with van der Waals surface area (Å²) in [6.07, 6.45) is 9.41. The van der Waals surface area contributed by atoms with Crippen molar-refractivity contribution in [3.05, 3.63) is 76.1 Å². The maximum Gasteiger partial charge on any atom is 0.275 e. The Bertz CT molecular complexity index is 1620. The van der Waals surface area contributed by atoms with E-state index in [2.05, 4.69) is 38.8 Å². The number of hydrogen-bond acceptors (Lipinski definition) is 8. The lowest BCUT2D eigenvalue weighted by molar-refractivity contribution is -0.117. The first-order chi connectivity index (χ1) is 20.3. The van der Waals surface area contributed by atoms with Crippen LogP contribution in [-0.4, -0.2) is 73.4 Å². The number of nitrogens with zero attached hydrogens (tertiary/aromatic N) is 7. The summed E-state index contributed by atoms with van der Waals surface area (Å²) in [5, 5.41) is 18.5. The number of piperazine rings is 1. The molecule has 2 N–H and O–H groups in total. The standard InChI is InChI=1S/C31H38N8O3/c1-21-7-5-4-6-10-37-12-13-38(31(42)27(37)15-21)29-25(20-40)24(8-9-32-29)22-16-26(30(41)36(3)18-22)33-28-17-23-19-35(2)11-14-39(23)34-28/h8-9,15-18,40H,1,4-7,10-14,19-20H2,2-3H3,(H,33,34)/b27-15-. The highest BCUT2D eigenvalue weighted by Gasteiger charge is 2.32. The molecule has 0 radical (unpaired) electrons. The Morgan fingerprint density at radius 1 is 1.05 bits per heavy atom. The molecule has 3 aliphatic heterocycles. The van der Waals surface area contributed by atoms with Gasteiger partial charge in [0, 0.05) is 69.4 Å². The van der Waals surface area contributed by atoms with Gasteiger partial charge in [0.25, 0.3) is 11.5 Å². The average Bonchev–Trinajstić information content (AvgIpc) is 3.40. The number of aromatic nitrogens is 4. The van der Waals surface area contributed by atoms with Gasteiger partial charge in [-0.25, -0.2) is 4.98 Å². The van der Waals surface area contributed by atoms with E-state index in [1.807, 2.05) is 22.9 Å². The third kappa shape index (κ3) is 5.37. The average molecular weight is 571 g/mol. The Morgan fingerprint density at radius 2 is 1.90 bits per heavy atom. The van der Waals surface area contributed by atoms with Gasteiger partial charge in [-0.05, 0) is 50.1 Å². The number of fused-ring (bicyclic) bond motifs is 2. The maximum absolute atomic E-state index is 13.8. The minimum atomic E-state index is -0.315. The molecule has 0 saturated carbocycles. The number of pyridine rings is 2. The van der Waals surface area contributed by atoms with Gasteiger partial charge in [-0.2, -0.15) is 5.10 Å². The zero-order valence-electron chi connectivity index (χ0n) is 24.3. The molecule has 1 amide bonds. The predicted molar refractivity (Wildman–Crippen MR) is 162 cm³/mol. The van der Waals surface area contributed by atoms with Crippen molar-refractivity contribution in [3.63, 3.8) is 0 Å². The van der Waals surface area contributed by atoms with Gasteiger partial charge in [0.05, 0.1) is 18.8 Å². The molecule has 3 aromatic heterocycles. The molecule has 3 aromatic rings. The van der Waals surface area contributed by atoms with Crippen LogP contribution < -0.4 is 15.8 Å². The molecule has 0 atom stereocenters. The Hall–Kier alpha value is -4.22. The summed E-state index contributed by atoms with van der Waals surface area (Å²) in [4.78, 5) is 37.6. The second-order valence-electron chi connectivity index (χ2n) is 11.4. The van der Waals surface area contributed by atoms with Crippen molar-refractivity contribution in [1.29, 1.82) is 0 Å². The number of anilines is 3. The SMILES string of the molecule is C=C1/C=C2/C(=O)N(c3nccc(-c4cc(Nc5cc6n(n5)CCN(C)C6)c(=O)n(C)c4)c3CO)CCN2CCCCC1. The lowest BCUT2D eigenvalue weighted by Crippen LogP contribution is -2.49. The van der Waals surface area contributed by atoms with Crippen molar-refractivity contribution in [2.75, 3.05) is 43.4 Å². The van der Waals surface area contributed by atoms with Gasteiger partial charge < -0.3 is 19.9 Å². The molecule has 1 saturated heterocycles. The number of aryl methyl sites for hydroxylation is 1. The van der Waals surface area contributed by atoms with Crippen LogP contribution in [0, 0.1) is 0 Å². The molecular weight excluding hydrogens is 532 g/mol.